The molecule has 0 spiro atoms. The first-order valence-electron chi connectivity index (χ1n) is 8.16. The summed E-state index contributed by atoms with van der Waals surface area (Å²) in [5.74, 6) is 1.89. The van der Waals surface area contributed by atoms with Gasteiger partial charge in [0.05, 0.1) is 5.02 Å². The van der Waals surface area contributed by atoms with Crippen LogP contribution in [0, 0.1) is 0 Å². The summed E-state index contributed by atoms with van der Waals surface area (Å²) in [5, 5.41) is 1.02. The minimum atomic E-state index is -0.404. The maximum Gasteiger partial charge on any atom is 0.194 e. The fourth-order valence-corrected chi connectivity index (χ4v) is 2.64. The fraction of sp³-hybridized carbons (Fsp3) is 0.368. The third-order valence-electron chi connectivity index (χ3n) is 3.31. The lowest BCUT2D eigenvalue weighted by Gasteiger charge is -2.24. The van der Waals surface area contributed by atoms with E-state index < -0.39 is 6.29 Å². The lowest BCUT2D eigenvalue weighted by Crippen LogP contribution is -2.34. The van der Waals surface area contributed by atoms with Gasteiger partial charge in [0.15, 0.2) is 6.29 Å². The quantitative estimate of drug-likeness (QED) is 0.500. The molecule has 1 unspecified atom stereocenters. The van der Waals surface area contributed by atoms with Gasteiger partial charge in [0, 0.05) is 18.2 Å². The van der Waals surface area contributed by atoms with Crippen molar-refractivity contribution in [3.05, 3.63) is 52.5 Å². The van der Waals surface area contributed by atoms with Gasteiger partial charge >= 0.3 is 0 Å². The van der Waals surface area contributed by atoms with E-state index in [1.54, 1.807) is 18.2 Å². The molecule has 0 bridgehead atoms. The van der Waals surface area contributed by atoms with E-state index in [0.29, 0.717) is 40.5 Å². The Kier molecular flexibility index (Phi) is 7.85. The Morgan fingerprint density at radius 3 is 2.04 bits per heavy atom. The van der Waals surface area contributed by atoms with Crippen molar-refractivity contribution in [3.63, 3.8) is 0 Å². The lowest BCUT2D eigenvalue weighted by molar-refractivity contribution is -0.178. The van der Waals surface area contributed by atoms with Crippen molar-refractivity contribution in [1.82, 2.24) is 0 Å². The highest BCUT2D eigenvalue weighted by Gasteiger charge is 2.19. The van der Waals surface area contributed by atoms with Crippen molar-refractivity contribution in [2.24, 2.45) is 0 Å². The number of hydrogen-bond donors (Lipinski definition) is 0. The molecule has 0 saturated carbocycles. The van der Waals surface area contributed by atoms with Crippen molar-refractivity contribution in [3.8, 4) is 17.2 Å². The van der Waals surface area contributed by atoms with Crippen LogP contribution in [0.4, 0.5) is 0 Å². The van der Waals surface area contributed by atoms with E-state index in [-0.39, 0.29) is 6.10 Å². The number of benzene rings is 2. The second-order valence-corrected chi connectivity index (χ2v) is 6.09. The predicted octanol–water partition coefficient (Wildman–Crippen LogP) is 5.95. The van der Waals surface area contributed by atoms with Crippen LogP contribution in [0.3, 0.4) is 0 Å². The topological polar surface area (TPSA) is 36.9 Å². The smallest absolute Gasteiger partial charge is 0.194 e. The standard InChI is InChI=1S/C19H22Cl2O4/c1-4-22-19(23-5-2)13(3)24-15-7-9-16(10-8-15)25-18-11-6-14(20)12-17(18)21/h6-13,19H,4-5H2,1-3H3. The van der Waals surface area contributed by atoms with Crippen molar-refractivity contribution >= 4 is 23.2 Å². The summed E-state index contributed by atoms with van der Waals surface area (Å²) >= 11 is 12.0. The molecule has 0 aliphatic heterocycles. The Hall–Kier alpha value is -1.46. The number of halogens is 2. The first-order chi connectivity index (χ1) is 12.0. The second-order valence-electron chi connectivity index (χ2n) is 5.25. The van der Waals surface area contributed by atoms with Gasteiger partial charge in [-0.2, -0.15) is 0 Å². The second kappa shape index (κ2) is 9.88. The molecule has 2 aromatic rings. The minimum absolute atomic E-state index is 0.239. The maximum absolute atomic E-state index is 6.11. The van der Waals surface area contributed by atoms with Crippen molar-refractivity contribution in [2.75, 3.05) is 13.2 Å². The number of rotatable bonds is 9. The summed E-state index contributed by atoms with van der Waals surface area (Å²) in [6, 6.07) is 12.4. The van der Waals surface area contributed by atoms with Crippen LogP contribution in [0.1, 0.15) is 20.8 Å². The van der Waals surface area contributed by atoms with Crippen LogP contribution in [0.25, 0.3) is 0 Å². The zero-order chi connectivity index (χ0) is 18.2. The third kappa shape index (κ3) is 6.08. The highest BCUT2D eigenvalue weighted by molar-refractivity contribution is 6.35. The van der Waals surface area contributed by atoms with Crippen LogP contribution < -0.4 is 9.47 Å². The van der Waals surface area contributed by atoms with Gasteiger partial charge in [0.2, 0.25) is 0 Å². The molecule has 2 aromatic carbocycles. The van der Waals surface area contributed by atoms with E-state index in [9.17, 15) is 0 Å². The van der Waals surface area contributed by atoms with E-state index in [2.05, 4.69) is 0 Å². The Morgan fingerprint density at radius 2 is 1.48 bits per heavy atom. The molecule has 0 heterocycles. The predicted molar refractivity (Wildman–Crippen MR) is 100 cm³/mol. The monoisotopic (exact) mass is 384 g/mol. The lowest BCUT2D eigenvalue weighted by atomic mass is 10.3. The SMILES string of the molecule is CCOC(OCC)C(C)Oc1ccc(Oc2ccc(Cl)cc2Cl)cc1. The molecule has 25 heavy (non-hydrogen) atoms. The molecule has 2 rings (SSSR count). The molecule has 0 radical (unpaired) electrons. The Labute approximate surface area is 158 Å². The Balaban J connectivity index is 1.99. The largest absolute Gasteiger partial charge is 0.485 e. The molecule has 1 atom stereocenters. The molecule has 0 amide bonds. The molecule has 0 aromatic heterocycles. The van der Waals surface area contributed by atoms with Gasteiger partial charge in [0.1, 0.15) is 23.4 Å². The molecule has 0 aliphatic rings. The van der Waals surface area contributed by atoms with Gasteiger partial charge in [-0.15, -0.1) is 0 Å². The highest BCUT2D eigenvalue weighted by Crippen LogP contribution is 2.32. The van der Waals surface area contributed by atoms with Crippen molar-refractivity contribution in [2.45, 2.75) is 33.2 Å². The number of hydrogen-bond acceptors (Lipinski definition) is 4. The molecule has 4 nitrogen and oxygen atoms in total. The Bertz CT molecular complexity index is 655. The van der Waals surface area contributed by atoms with Gasteiger partial charge < -0.3 is 18.9 Å². The van der Waals surface area contributed by atoms with Gasteiger partial charge in [-0.1, -0.05) is 23.2 Å². The zero-order valence-corrected chi connectivity index (χ0v) is 16.0. The van der Waals surface area contributed by atoms with Crippen LogP contribution in [0.15, 0.2) is 42.5 Å². The fourth-order valence-electron chi connectivity index (χ4n) is 2.19. The summed E-state index contributed by atoms with van der Waals surface area (Å²) < 4.78 is 22.7. The van der Waals surface area contributed by atoms with E-state index >= 15 is 0 Å². The third-order valence-corrected chi connectivity index (χ3v) is 3.84. The van der Waals surface area contributed by atoms with E-state index in [0.717, 1.165) is 0 Å². The highest BCUT2D eigenvalue weighted by atomic mass is 35.5. The van der Waals surface area contributed by atoms with E-state index in [4.69, 9.17) is 42.1 Å². The van der Waals surface area contributed by atoms with E-state index in [1.807, 2.05) is 45.0 Å². The molecule has 0 aliphatic carbocycles. The molecule has 136 valence electrons. The molecule has 0 N–H and O–H groups in total. The maximum atomic E-state index is 6.11. The van der Waals surface area contributed by atoms with Crippen LogP contribution in [-0.4, -0.2) is 25.6 Å². The van der Waals surface area contributed by atoms with Crippen LogP contribution in [0.5, 0.6) is 17.2 Å². The Morgan fingerprint density at radius 1 is 0.880 bits per heavy atom. The zero-order valence-electron chi connectivity index (χ0n) is 14.5. The normalized spacial score (nSPS) is 12.2. The minimum Gasteiger partial charge on any atom is -0.485 e. The summed E-state index contributed by atoms with van der Waals surface area (Å²) in [4.78, 5) is 0. The molecular weight excluding hydrogens is 363 g/mol. The molecule has 0 fully saturated rings. The summed E-state index contributed by atoms with van der Waals surface area (Å²) in [5.41, 5.74) is 0. The summed E-state index contributed by atoms with van der Waals surface area (Å²) in [6.07, 6.45) is -0.642. The van der Waals surface area contributed by atoms with Gasteiger partial charge in [0.25, 0.3) is 0 Å². The average molecular weight is 385 g/mol. The average Bonchev–Trinajstić information content (AvgIpc) is 2.59. The van der Waals surface area contributed by atoms with Crippen LogP contribution >= 0.6 is 23.2 Å². The summed E-state index contributed by atoms with van der Waals surface area (Å²) in [6.45, 7) is 6.88. The van der Waals surface area contributed by atoms with Gasteiger partial charge in [-0.25, -0.2) is 0 Å². The first kappa shape index (κ1) is 19.9. The van der Waals surface area contributed by atoms with Gasteiger partial charge in [-0.05, 0) is 63.2 Å². The summed E-state index contributed by atoms with van der Waals surface area (Å²) in [7, 11) is 0. The first-order valence-corrected chi connectivity index (χ1v) is 8.92. The van der Waals surface area contributed by atoms with Gasteiger partial charge in [-0.3, -0.25) is 0 Å². The van der Waals surface area contributed by atoms with Crippen LogP contribution in [-0.2, 0) is 9.47 Å². The van der Waals surface area contributed by atoms with Crippen LogP contribution in [0.2, 0.25) is 10.0 Å². The molecule has 6 heteroatoms. The van der Waals surface area contributed by atoms with E-state index in [1.165, 1.54) is 0 Å². The molecule has 0 saturated heterocycles. The number of ether oxygens (including phenoxy) is 4. The van der Waals surface area contributed by atoms with Crippen molar-refractivity contribution in [1.29, 1.82) is 0 Å². The molecular formula is C19H22Cl2O4. The van der Waals surface area contributed by atoms with Crippen molar-refractivity contribution < 1.29 is 18.9 Å².